The second kappa shape index (κ2) is 7.45. The quantitative estimate of drug-likeness (QED) is 0.933. The molecule has 0 bridgehead atoms. The second-order valence-corrected chi connectivity index (χ2v) is 6.21. The lowest BCUT2D eigenvalue weighted by Crippen LogP contribution is -2.45. The van der Waals surface area contributed by atoms with Crippen molar-refractivity contribution in [3.63, 3.8) is 0 Å². The summed E-state index contributed by atoms with van der Waals surface area (Å²) in [5, 5.41) is 18.4. The van der Waals surface area contributed by atoms with E-state index < -0.39 is 5.82 Å². The molecule has 2 aromatic rings. The van der Waals surface area contributed by atoms with Crippen LogP contribution in [0, 0.1) is 17.1 Å². The van der Waals surface area contributed by atoms with E-state index in [-0.39, 0.29) is 24.1 Å². The average Bonchev–Trinajstić information content (AvgIpc) is 2.68. The molecule has 5 heteroatoms. The Morgan fingerprint density at radius 1 is 1.20 bits per heavy atom. The number of hydrogen-bond acceptors (Lipinski definition) is 3. The monoisotopic (exact) mass is 338 g/mol. The largest absolute Gasteiger partial charge is 0.394 e. The van der Waals surface area contributed by atoms with Crippen LogP contribution < -0.4 is 0 Å². The Bertz CT molecular complexity index is 811. The molecule has 4 nitrogen and oxygen atoms in total. The zero-order chi connectivity index (χ0) is 17.8. The molecular formula is C20H19FN2O2. The van der Waals surface area contributed by atoms with Crippen LogP contribution in [0.15, 0.2) is 42.5 Å². The van der Waals surface area contributed by atoms with E-state index >= 15 is 0 Å². The van der Waals surface area contributed by atoms with Crippen molar-refractivity contribution in [3.8, 4) is 17.2 Å². The Morgan fingerprint density at radius 2 is 1.92 bits per heavy atom. The van der Waals surface area contributed by atoms with E-state index in [0.717, 1.165) is 30.4 Å². The third-order valence-electron chi connectivity index (χ3n) is 4.65. The van der Waals surface area contributed by atoms with Gasteiger partial charge >= 0.3 is 0 Å². The maximum atomic E-state index is 13.4. The standard InChI is InChI=1S/C20H19FN2O2/c21-19-9-8-16(11-17(19)12-22)14-4-6-15(7-5-14)20(25)23-10-2-1-3-18(23)13-24/h4-9,11,18,24H,1-3,10,13H2/t18-/m0/s1. The highest BCUT2D eigenvalue weighted by atomic mass is 19.1. The topological polar surface area (TPSA) is 64.3 Å². The molecular weight excluding hydrogens is 319 g/mol. The summed E-state index contributed by atoms with van der Waals surface area (Å²) < 4.78 is 13.4. The van der Waals surface area contributed by atoms with Crippen LogP contribution in [0.1, 0.15) is 35.2 Å². The zero-order valence-corrected chi connectivity index (χ0v) is 13.8. The van der Waals surface area contributed by atoms with Gasteiger partial charge in [-0.3, -0.25) is 4.79 Å². The summed E-state index contributed by atoms with van der Waals surface area (Å²) in [6, 6.07) is 13.1. The molecule has 1 N–H and O–H groups in total. The number of nitrogens with zero attached hydrogens (tertiary/aromatic N) is 2. The lowest BCUT2D eigenvalue weighted by Gasteiger charge is -2.34. The van der Waals surface area contributed by atoms with E-state index in [0.29, 0.717) is 12.1 Å². The third kappa shape index (κ3) is 3.54. The fourth-order valence-corrected chi connectivity index (χ4v) is 3.22. The van der Waals surface area contributed by atoms with Gasteiger partial charge < -0.3 is 10.0 Å². The summed E-state index contributed by atoms with van der Waals surface area (Å²) in [6.45, 7) is 0.644. The van der Waals surface area contributed by atoms with E-state index in [9.17, 15) is 14.3 Å². The molecule has 3 rings (SSSR count). The fraction of sp³-hybridized carbons (Fsp3) is 0.300. The number of piperidine rings is 1. The lowest BCUT2D eigenvalue weighted by atomic mass is 9.99. The summed E-state index contributed by atoms with van der Waals surface area (Å²) in [5.74, 6) is -0.625. The molecule has 0 aromatic heterocycles. The van der Waals surface area contributed by atoms with Gasteiger partial charge in [0, 0.05) is 12.1 Å². The van der Waals surface area contributed by atoms with Crippen LogP contribution in [0.5, 0.6) is 0 Å². The van der Waals surface area contributed by atoms with Gasteiger partial charge in [0.2, 0.25) is 0 Å². The molecule has 128 valence electrons. The van der Waals surface area contributed by atoms with E-state index in [1.165, 1.54) is 12.1 Å². The first-order valence-electron chi connectivity index (χ1n) is 8.36. The van der Waals surface area contributed by atoms with Crippen LogP contribution in [0.2, 0.25) is 0 Å². The van der Waals surface area contributed by atoms with Crippen LogP contribution in [0.3, 0.4) is 0 Å². The molecule has 0 spiro atoms. The number of rotatable bonds is 3. The van der Waals surface area contributed by atoms with Gasteiger partial charge in [0.1, 0.15) is 11.9 Å². The highest BCUT2D eigenvalue weighted by molar-refractivity contribution is 5.95. The Labute approximate surface area is 146 Å². The molecule has 0 saturated carbocycles. The van der Waals surface area contributed by atoms with Crippen molar-refractivity contribution in [2.45, 2.75) is 25.3 Å². The van der Waals surface area contributed by atoms with Gasteiger partial charge in [0.05, 0.1) is 18.2 Å². The molecule has 0 aliphatic carbocycles. The summed E-state index contributed by atoms with van der Waals surface area (Å²) in [5.41, 5.74) is 2.09. The van der Waals surface area contributed by atoms with Crippen LogP contribution in [0.25, 0.3) is 11.1 Å². The predicted molar refractivity (Wildman–Crippen MR) is 92.3 cm³/mol. The number of carbonyl (C=O) groups is 1. The first kappa shape index (κ1) is 17.1. The number of halogens is 1. The van der Waals surface area contributed by atoms with Gasteiger partial charge in [-0.2, -0.15) is 5.26 Å². The van der Waals surface area contributed by atoms with Crippen molar-refractivity contribution >= 4 is 5.91 Å². The fourth-order valence-electron chi connectivity index (χ4n) is 3.22. The van der Waals surface area contributed by atoms with Gasteiger partial charge in [0.25, 0.3) is 5.91 Å². The lowest BCUT2D eigenvalue weighted by molar-refractivity contribution is 0.0503. The van der Waals surface area contributed by atoms with Crippen molar-refractivity contribution in [2.75, 3.05) is 13.2 Å². The molecule has 1 aliphatic rings. The number of likely N-dealkylation sites (tertiary alicyclic amines) is 1. The maximum absolute atomic E-state index is 13.4. The Morgan fingerprint density at radius 3 is 2.60 bits per heavy atom. The number of benzene rings is 2. The number of carbonyl (C=O) groups excluding carboxylic acids is 1. The van der Waals surface area contributed by atoms with Gasteiger partial charge in [-0.05, 0) is 54.7 Å². The predicted octanol–water partition coefficient (Wildman–Crippen LogP) is 3.35. The summed E-state index contributed by atoms with van der Waals surface area (Å²) in [7, 11) is 0. The van der Waals surface area contributed by atoms with E-state index in [4.69, 9.17) is 5.26 Å². The van der Waals surface area contributed by atoms with Crippen LogP contribution in [-0.4, -0.2) is 35.1 Å². The second-order valence-electron chi connectivity index (χ2n) is 6.21. The minimum Gasteiger partial charge on any atom is -0.394 e. The zero-order valence-electron chi connectivity index (χ0n) is 13.8. The van der Waals surface area contributed by atoms with Crippen molar-refractivity contribution in [2.24, 2.45) is 0 Å². The molecule has 0 radical (unpaired) electrons. The van der Waals surface area contributed by atoms with Gasteiger partial charge in [0.15, 0.2) is 0 Å². The van der Waals surface area contributed by atoms with Crippen molar-refractivity contribution in [1.29, 1.82) is 5.26 Å². The maximum Gasteiger partial charge on any atom is 0.254 e. The van der Waals surface area contributed by atoms with Crippen LogP contribution >= 0.6 is 0 Å². The molecule has 1 amide bonds. The molecule has 25 heavy (non-hydrogen) atoms. The Balaban J connectivity index is 1.82. The summed E-state index contributed by atoms with van der Waals surface area (Å²) >= 11 is 0. The van der Waals surface area contributed by atoms with Crippen LogP contribution in [-0.2, 0) is 0 Å². The number of hydrogen-bond donors (Lipinski definition) is 1. The average molecular weight is 338 g/mol. The van der Waals surface area contributed by atoms with E-state index in [2.05, 4.69) is 0 Å². The highest BCUT2D eigenvalue weighted by Gasteiger charge is 2.26. The molecule has 1 fully saturated rings. The Hall–Kier alpha value is -2.71. The third-order valence-corrected chi connectivity index (χ3v) is 4.65. The first-order valence-corrected chi connectivity index (χ1v) is 8.36. The normalized spacial score (nSPS) is 17.2. The molecule has 1 saturated heterocycles. The number of nitriles is 1. The number of aliphatic hydroxyl groups excluding tert-OH is 1. The van der Waals surface area contributed by atoms with Crippen molar-refractivity contribution < 1.29 is 14.3 Å². The minimum absolute atomic E-state index is 0.00300. The van der Waals surface area contributed by atoms with Crippen LogP contribution in [0.4, 0.5) is 4.39 Å². The highest BCUT2D eigenvalue weighted by Crippen LogP contribution is 2.24. The van der Waals surface area contributed by atoms with Gasteiger partial charge in [-0.1, -0.05) is 18.2 Å². The van der Waals surface area contributed by atoms with E-state index in [1.807, 2.05) is 6.07 Å². The smallest absolute Gasteiger partial charge is 0.254 e. The summed E-state index contributed by atoms with van der Waals surface area (Å²) in [6.07, 6.45) is 2.80. The Kier molecular flexibility index (Phi) is 5.11. The van der Waals surface area contributed by atoms with E-state index in [1.54, 1.807) is 35.2 Å². The molecule has 1 atom stereocenters. The first-order chi connectivity index (χ1) is 12.1. The SMILES string of the molecule is N#Cc1cc(-c2ccc(C(=O)N3CCCC[C@H]3CO)cc2)ccc1F. The van der Waals surface area contributed by atoms with Gasteiger partial charge in [-0.15, -0.1) is 0 Å². The van der Waals surface area contributed by atoms with Crippen molar-refractivity contribution in [3.05, 3.63) is 59.4 Å². The number of aliphatic hydroxyl groups is 1. The molecule has 0 unspecified atom stereocenters. The minimum atomic E-state index is -0.543. The van der Waals surface area contributed by atoms with Gasteiger partial charge in [-0.25, -0.2) is 4.39 Å². The molecule has 1 heterocycles. The number of amides is 1. The molecule has 1 aliphatic heterocycles. The molecule has 2 aromatic carbocycles. The van der Waals surface area contributed by atoms with Crippen molar-refractivity contribution in [1.82, 2.24) is 4.90 Å². The summed E-state index contributed by atoms with van der Waals surface area (Å²) in [4.78, 5) is 14.4.